The lowest BCUT2D eigenvalue weighted by molar-refractivity contribution is -0.139. The van der Waals surface area contributed by atoms with E-state index in [0.717, 1.165) is 75.8 Å². The summed E-state index contributed by atoms with van der Waals surface area (Å²) in [6, 6.07) is 2.28. The highest BCUT2D eigenvalue weighted by molar-refractivity contribution is 5.86. The summed E-state index contributed by atoms with van der Waals surface area (Å²) in [5.74, 6) is 0.971. The minimum absolute atomic E-state index is 0.177. The number of piperidine rings is 1. The first-order valence-electron chi connectivity index (χ1n) is 10.3. The van der Waals surface area contributed by atoms with E-state index in [-0.39, 0.29) is 11.5 Å². The fraction of sp³-hybridized carbons (Fsp3) is 0.714. The van der Waals surface area contributed by atoms with Crippen molar-refractivity contribution in [3.05, 3.63) is 17.8 Å². The zero-order chi connectivity index (χ0) is 19.0. The van der Waals surface area contributed by atoms with Crippen LogP contribution in [0.4, 0.5) is 5.69 Å². The van der Waals surface area contributed by atoms with Gasteiger partial charge in [-0.1, -0.05) is 0 Å². The van der Waals surface area contributed by atoms with E-state index in [1.807, 2.05) is 12.3 Å². The average molecular weight is 373 g/mol. The van der Waals surface area contributed by atoms with Gasteiger partial charge in [-0.05, 0) is 57.4 Å². The first kappa shape index (κ1) is 18.5. The van der Waals surface area contributed by atoms with Gasteiger partial charge < -0.3 is 19.6 Å². The predicted octanol–water partition coefficient (Wildman–Crippen LogP) is 2.52. The van der Waals surface area contributed by atoms with Crippen LogP contribution in [0, 0.1) is 12.3 Å². The standard InChI is InChI=1S/C21H31N3O3/c1-15-12-19(27-2)22-13-18(15)23-10-3-8-21(14-23)9-11-24(20(21)26)16-4-6-17(25)7-5-16/h12-13,16-17,25H,3-11,14H2,1-2H3. The quantitative estimate of drug-likeness (QED) is 0.882. The Morgan fingerprint density at radius 3 is 2.70 bits per heavy atom. The number of hydrogen-bond donors (Lipinski definition) is 1. The molecule has 3 fully saturated rings. The molecule has 2 aliphatic heterocycles. The molecule has 0 radical (unpaired) electrons. The monoisotopic (exact) mass is 373 g/mol. The summed E-state index contributed by atoms with van der Waals surface area (Å²) in [6.07, 6.45) is 8.20. The summed E-state index contributed by atoms with van der Waals surface area (Å²) in [6.45, 7) is 4.70. The maximum atomic E-state index is 13.4. The highest BCUT2D eigenvalue weighted by Gasteiger charge is 2.50. The van der Waals surface area contributed by atoms with Crippen molar-refractivity contribution in [3.8, 4) is 5.88 Å². The molecule has 1 aromatic rings. The van der Waals surface area contributed by atoms with E-state index in [2.05, 4.69) is 21.7 Å². The first-order chi connectivity index (χ1) is 13.0. The molecule has 148 valence electrons. The van der Waals surface area contributed by atoms with Gasteiger partial charge in [0.2, 0.25) is 11.8 Å². The molecule has 3 aliphatic rings. The number of aromatic nitrogens is 1. The maximum absolute atomic E-state index is 13.4. The molecule has 1 unspecified atom stereocenters. The zero-order valence-corrected chi connectivity index (χ0v) is 16.5. The van der Waals surface area contributed by atoms with Crippen LogP contribution in [0.1, 0.15) is 50.5 Å². The van der Waals surface area contributed by atoms with Crippen LogP contribution in [0.15, 0.2) is 12.3 Å². The molecule has 1 atom stereocenters. The zero-order valence-electron chi connectivity index (χ0n) is 16.5. The van der Waals surface area contributed by atoms with Gasteiger partial charge in [0, 0.05) is 31.7 Å². The summed E-state index contributed by atoms with van der Waals surface area (Å²) < 4.78 is 5.23. The summed E-state index contributed by atoms with van der Waals surface area (Å²) in [7, 11) is 1.63. The number of pyridine rings is 1. The van der Waals surface area contributed by atoms with E-state index in [1.165, 1.54) is 0 Å². The van der Waals surface area contributed by atoms with Gasteiger partial charge in [0.15, 0.2) is 0 Å². The van der Waals surface area contributed by atoms with E-state index >= 15 is 0 Å². The van der Waals surface area contributed by atoms with Crippen LogP contribution in [0.3, 0.4) is 0 Å². The SMILES string of the molecule is COc1cc(C)c(N2CCCC3(CCN(C4CCC(O)CC4)C3=O)C2)cn1. The van der Waals surface area contributed by atoms with Gasteiger partial charge in [0.25, 0.3) is 0 Å². The fourth-order valence-corrected chi connectivity index (χ4v) is 5.25. The van der Waals surface area contributed by atoms with Gasteiger partial charge in [-0.25, -0.2) is 4.98 Å². The highest BCUT2D eigenvalue weighted by atomic mass is 16.5. The molecule has 1 N–H and O–H groups in total. The third-order valence-corrected chi connectivity index (χ3v) is 6.84. The van der Waals surface area contributed by atoms with Crippen molar-refractivity contribution < 1.29 is 14.6 Å². The number of nitrogens with zero attached hydrogens (tertiary/aromatic N) is 3. The molecule has 0 aromatic carbocycles. The van der Waals surface area contributed by atoms with Gasteiger partial charge in [0.1, 0.15) is 0 Å². The lowest BCUT2D eigenvalue weighted by Crippen LogP contribution is -2.50. The van der Waals surface area contributed by atoms with Crippen LogP contribution in [0.5, 0.6) is 5.88 Å². The molecule has 1 saturated carbocycles. The van der Waals surface area contributed by atoms with E-state index in [0.29, 0.717) is 17.8 Å². The predicted molar refractivity (Wildman–Crippen MR) is 104 cm³/mol. The molecule has 2 saturated heterocycles. The summed E-state index contributed by atoms with van der Waals surface area (Å²) in [4.78, 5) is 22.3. The van der Waals surface area contributed by atoms with Crippen molar-refractivity contribution in [1.29, 1.82) is 0 Å². The van der Waals surface area contributed by atoms with Crippen molar-refractivity contribution in [3.63, 3.8) is 0 Å². The minimum Gasteiger partial charge on any atom is -0.481 e. The van der Waals surface area contributed by atoms with Gasteiger partial charge in [-0.15, -0.1) is 0 Å². The largest absolute Gasteiger partial charge is 0.481 e. The topological polar surface area (TPSA) is 65.9 Å². The van der Waals surface area contributed by atoms with Crippen LogP contribution in [0.2, 0.25) is 0 Å². The number of rotatable bonds is 3. The number of anilines is 1. The Kier molecular flexibility index (Phi) is 5.01. The van der Waals surface area contributed by atoms with Crippen LogP contribution < -0.4 is 9.64 Å². The number of amides is 1. The number of ether oxygens (including phenoxy) is 1. The minimum atomic E-state index is -0.249. The third kappa shape index (κ3) is 3.40. The fourth-order valence-electron chi connectivity index (χ4n) is 5.25. The van der Waals surface area contributed by atoms with E-state index in [4.69, 9.17) is 4.74 Å². The molecule has 1 spiro atoms. The van der Waals surface area contributed by atoms with E-state index < -0.39 is 0 Å². The van der Waals surface area contributed by atoms with Gasteiger partial charge in [-0.3, -0.25) is 4.79 Å². The molecule has 1 amide bonds. The summed E-state index contributed by atoms with van der Waals surface area (Å²) in [5, 5.41) is 9.78. The Morgan fingerprint density at radius 2 is 2.00 bits per heavy atom. The van der Waals surface area contributed by atoms with Crippen molar-refractivity contribution in [2.45, 2.75) is 64.0 Å². The van der Waals surface area contributed by atoms with Crippen molar-refractivity contribution in [1.82, 2.24) is 9.88 Å². The number of carbonyl (C=O) groups excluding carboxylic acids is 1. The lowest BCUT2D eigenvalue weighted by Gasteiger charge is -2.41. The number of likely N-dealkylation sites (tertiary alicyclic amines) is 1. The number of aryl methyl sites for hydroxylation is 1. The molecule has 4 rings (SSSR count). The Labute approximate surface area is 161 Å². The number of methoxy groups -OCH3 is 1. The van der Waals surface area contributed by atoms with Gasteiger partial charge in [0.05, 0.1) is 30.5 Å². The second kappa shape index (κ2) is 7.30. The normalized spacial score (nSPS) is 31.6. The Balaban J connectivity index is 1.50. The van der Waals surface area contributed by atoms with Gasteiger partial charge in [-0.2, -0.15) is 0 Å². The lowest BCUT2D eigenvalue weighted by atomic mass is 9.78. The molecule has 1 aliphatic carbocycles. The molecular weight excluding hydrogens is 342 g/mol. The molecule has 1 aromatic heterocycles. The van der Waals surface area contributed by atoms with Crippen LogP contribution >= 0.6 is 0 Å². The molecule has 27 heavy (non-hydrogen) atoms. The van der Waals surface area contributed by atoms with E-state index in [1.54, 1.807) is 7.11 Å². The van der Waals surface area contributed by atoms with Crippen molar-refractivity contribution in [2.24, 2.45) is 5.41 Å². The summed E-state index contributed by atoms with van der Waals surface area (Å²) >= 11 is 0. The average Bonchev–Trinajstić information content (AvgIpc) is 2.98. The Morgan fingerprint density at radius 1 is 1.22 bits per heavy atom. The van der Waals surface area contributed by atoms with Gasteiger partial charge >= 0.3 is 0 Å². The molecule has 6 nitrogen and oxygen atoms in total. The smallest absolute Gasteiger partial charge is 0.230 e. The maximum Gasteiger partial charge on any atom is 0.230 e. The highest BCUT2D eigenvalue weighted by Crippen LogP contribution is 2.43. The Hall–Kier alpha value is -1.82. The summed E-state index contributed by atoms with van der Waals surface area (Å²) in [5.41, 5.74) is 2.00. The molecular formula is C21H31N3O3. The number of aliphatic hydroxyl groups excluding tert-OH is 1. The molecule has 3 heterocycles. The Bertz CT molecular complexity index is 702. The van der Waals surface area contributed by atoms with Crippen LogP contribution in [-0.4, -0.2) is 59.8 Å². The number of hydrogen-bond acceptors (Lipinski definition) is 5. The number of aliphatic hydroxyl groups is 1. The molecule has 6 heteroatoms. The van der Waals surface area contributed by atoms with Crippen LogP contribution in [-0.2, 0) is 4.79 Å². The van der Waals surface area contributed by atoms with E-state index in [9.17, 15) is 9.90 Å². The van der Waals surface area contributed by atoms with Crippen molar-refractivity contribution in [2.75, 3.05) is 31.6 Å². The molecule has 0 bridgehead atoms. The number of carbonyl (C=O) groups is 1. The first-order valence-corrected chi connectivity index (χ1v) is 10.3. The third-order valence-electron chi connectivity index (χ3n) is 6.84. The van der Waals surface area contributed by atoms with Crippen LogP contribution in [0.25, 0.3) is 0 Å². The second-order valence-corrected chi connectivity index (χ2v) is 8.53. The van der Waals surface area contributed by atoms with Crippen molar-refractivity contribution >= 4 is 11.6 Å². The second-order valence-electron chi connectivity index (χ2n) is 8.53.